The molecule has 0 radical (unpaired) electrons. The number of H-pyrrole nitrogens is 1. The second-order valence-electron chi connectivity index (χ2n) is 11.1. The molecule has 2 atom stereocenters. The predicted octanol–water partition coefficient (Wildman–Crippen LogP) is 4.13. The molecule has 10 nitrogen and oxygen atoms in total. The third-order valence-corrected chi connectivity index (χ3v) is 8.75. The van der Waals surface area contributed by atoms with Crippen molar-refractivity contribution in [2.75, 3.05) is 43.9 Å². The first-order valence-electron chi connectivity index (χ1n) is 13.8. The molecule has 2 fully saturated rings. The summed E-state index contributed by atoms with van der Waals surface area (Å²) < 4.78 is 16.6. The van der Waals surface area contributed by atoms with Crippen LogP contribution < -0.4 is 15.6 Å². The van der Waals surface area contributed by atoms with Crippen LogP contribution in [0.25, 0.3) is 44.1 Å². The molecular weight excluding hydrogens is 525 g/mol. The summed E-state index contributed by atoms with van der Waals surface area (Å²) >= 11 is 0. The number of fused-ring (bicyclic) bond motifs is 5. The molecule has 0 amide bonds. The van der Waals surface area contributed by atoms with Crippen molar-refractivity contribution in [2.45, 2.75) is 25.9 Å². The highest BCUT2D eigenvalue weighted by atomic mass is 19.1. The molecule has 2 aliphatic heterocycles. The zero-order valence-electron chi connectivity index (χ0n) is 23.0. The highest BCUT2D eigenvalue weighted by Crippen LogP contribution is 2.46. The van der Waals surface area contributed by atoms with Gasteiger partial charge < -0.3 is 29.8 Å². The summed E-state index contributed by atoms with van der Waals surface area (Å²) in [6, 6.07) is 4.99. The first kappa shape index (κ1) is 25.5. The number of aryl methyl sites for hydroxylation is 1. The number of anilines is 2. The van der Waals surface area contributed by atoms with Gasteiger partial charge >= 0.3 is 5.97 Å². The van der Waals surface area contributed by atoms with Gasteiger partial charge in [0.2, 0.25) is 5.43 Å². The number of carboxylic acid groups (broad SMARTS) is 1. The highest BCUT2D eigenvalue weighted by molar-refractivity contribution is 6.18. The Morgan fingerprint density at radius 2 is 2.02 bits per heavy atom. The highest BCUT2D eigenvalue weighted by Gasteiger charge is 2.41. The Balaban J connectivity index is 1.55. The summed E-state index contributed by atoms with van der Waals surface area (Å²) in [6.07, 6.45) is 5.87. The minimum Gasteiger partial charge on any atom is -0.477 e. The zero-order chi connectivity index (χ0) is 28.6. The van der Waals surface area contributed by atoms with E-state index in [0.29, 0.717) is 35.0 Å². The lowest BCUT2D eigenvalue weighted by Crippen LogP contribution is -2.35. The van der Waals surface area contributed by atoms with Gasteiger partial charge in [0.05, 0.1) is 27.7 Å². The van der Waals surface area contributed by atoms with Crippen molar-refractivity contribution < 1.29 is 14.3 Å². The van der Waals surface area contributed by atoms with Gasteiger partial charge in [-0.15, -0.1) is 0 Å². The number of likely N-dealkylation sites (tertiary alicyclic amines) is 1. The van der Waals surface area contributed by atoms with Gasteiger partial charge in [-0.1, -0.05) is 0 Å². The summed E-state index contributed by atoms with van der Waals surface area (Å²) in [5.74, 6) is -1.12. The molecule has 2 aliphatic rings. The topological polar surface area (TPSA) is 119 Å². The van der Waals surface area contributed by atoms with E-state index < -0.39 is 11.4 Å². The standard InChI is InChI=1S/C30H30FN7O3/c1-4-37-13-21(30(40)41)27(39)19-7-16(10-34-29(19)37)20-11-33-28-24(18-8-17(31)9-22(32-2)25(18)35-28)26(20)38-6-5-15-12-36(3)14-23(15)38/h7-11,13,15,23,32H,4-6,12,14H2,1-3H3,(H,33,35)(H,40,41)/t15-,23+/m1/s1. The van der Waals surface area contributed by atoms with Crippen LogP contribution in [0.1, 0.15) is 23.7 Å². The molecule has 7 rings (SSSR count). The molecule has 210 valence electrons. The van der Waals surface area contributed by atoms with Crippen LogP contribution in [-0.2, 0) is 6.54 Å². The fraction of sp³-hybridized carbons (Fsp3) is 0.333. The predicted molar refractivity (Wildman–Crippen MR) is 157 cm³/mol. The Bertz CT molecular complexity index is 1950. The average Bonchev–Trinajstić information content (AvgIpc) is 3.64. The molecule has 2 saturated heterocycles. The largest absolute Gasteiger partial charge is 0.477 e. The summed E-state index contributed by atoms with van der Waals surface area (Å²) in [4.78, 5) is 42.7. The van der Waals surface area contributed by atoms with Crippen molar-refractivity contribution in [1.82, 2.24) is 24.4 Å². The number of benzene rings is 1. The van der Waals surface area contributed by atoms with E-state index in [9.17, 15) is 19.1 Å². The van der Waals surface area contributed by atoms with E-state index in [4.69, 9.17) is 4.98 Å². The van der Waals surface area contributed by atoms with Crippen LogP contribution in [0.5, 0.6) is 0 Å². The van der Waals surface area contributed by atoms with Crippen molar-refractivity contribution in [3.63, 3.8) is 0 Å². The monoisotopic (exact) mass is 555 g/mol. The first-order valence-corrected chi connectivity index (χ1v) is 13.8. The minimum absolute atomic E-state index is 0.234. The molecule has 3 N–H and O–H groups in total. The number of hydrogen-bond acceptors (Lipinski definition) is 7. The maximum atomic E-state index is 14.9. The Morgan fingerprint density at radius 1 is 1.20 bits per heavy atom. The Hall–Kier alpha value is -4.51. The molecule has 0 spiro atoms. The number of aromatic carboxylic acids is 1. The number of aromatic amines is 1. The lowest BCUT2D eigenvalue weighted by molar-refractivity contribution is 0.0695. The average molecular weight is 556 g/mol. The van der Waals surface area contributed by atoms with Crippen LogP contribution in [0, 0.1) is 11.7 Å². The summed E-state index contributed by atoms with van der Waals surface area (Å²) in [5.41, 5.74) is 3.94. The van der Waals surface area contributed by atoms with E-state index in [1.165, 1.54) is 18.3 Å². The van der Waals surface area contributed by atoms with E-state index in [-0.39, 0.29) is 22.8 Å². The summed E-state index contributed by atoms with van der Waals surface area (Å²) in [7, 11) is 3.89. The fourth-order valence-electron chi connectivity index (χ4n) is 6.88. The van der Waals surface area contributed by atoms with Crippen LogP contribution in [0.2, 0.25) is 0 Å². The first-order chi connectivity index (χ1) is 19.8. The SMILES string of the molecule is CCn1cc(C(=O)O)c(=O)c2cc(-c3cnc4[nH]c5c(NC)cc(F)cc5c4c3N3CC[C@@H]4CN(C)C[C@@H]43)cnc21. The number of carbonyl (C=O) groups is 1. The van der Waals surface area contributed by atoms with Gasteiger partial charge in [-0.05, 0) is 44.5 Å². The van der Waals surface area contributed by atoms with Crippen molar-refractivity contribution in [2.24, 2.45) is 5.92 Å². The summed E-state index contributed by atoms with van der Waals surface area (Å²) in [5, 5.41) is 14.6. The number of aromatic nitrogens is 4. The molecule has 11 heteroatoms. The fourth-order valence-corrected chi connectivity index (χ4v) is 6.88. The third-order valence-electron chi connectivity index (χ3n) is 8.75. The molecule has 0 unspecified atom stereocenters. The third kappa shape index (κ3) is 3.79. The van der Waals surface area contributed by atoms with Gasteiger partial charge in [0.15, 0.2) is 0 Å². The van der Waals surface area contributed by atoms with Crippen LogP contribution >= 0.6 is 0 Å². The van der Waals surface area contributed by atoms with Crippen molar-refractivity contribution in [1.29, 1.82) is 0 Å². The van der Waals surface area contributed by atoms with Gasteiger partial charge in [0.25, 0.3) is 0 Å². The molecular formula is C30H30FN7O3. The maximum absolute atomic E-state index is 14.9. The number of likely N-dealkylation sites (N-methyl/N-ethyl adjacent to an activating group) is 1. The minimum atomic E-state index is -1.28. The lowest BCUT2D eigenvalue weighted by Gasteiger charge is -2.29. The number of rotatable bonds is 5. The smallest absolute Gasteiger partial charge is 0.341 e. The van der Waals surface area contributed by atoms with Gasteiger partial charge in [-0.3, -0.25) is 4.79 Å². The van der Waals surface area contributed by atoms with E-state index in [1.807, 2.05) is 6.92 Å². The number of nitrogens with zero attached hydrogens (tertiary/aromatic N) is 5. The quantitative estimate of drug-likeness (QED) is 0.296. The molecule has 1 aromatic carbocycles. The van der Waals surface area contributed by atoms with Crippen LogP contribution in [-0.4, -0.2) is 75.3 Å². The van der Waals surface area contributed by atoms with E-state index in [0.717, 1.165) is 53.6 Å². The van der Waals surface area contributed by atoms with Crippen LogP contribution in [0.3, 0.4) is 0 Å². The number of pyridine rings is 3. The zero-order valence-corrected chi connectivity index (χ0v) is 23.0. The van der Waals surface area contributed by atoms with Crippen molar-refractivity contribution >= 4 is 50.3 Å². The van der Waals surface area contributed by atoms with Crippen molar-refractivity contribution in [3.8, 4) is 11.1 Å². The van der Waals surface area contributed by atoms with Gasteiger partial charge in [-0.25, -0.2) is 19.2 Å². The van der Waals surface area contributed by atoms with Gasteiger partial charge in [-0.2, -0.15) is 0 Å². The number of nitrogens with one attached hydrogen (secondary N) is 2. The Labute approximate surface area is 234 Å². The van der Waals surface area contributed by atoms with E-state index in [2.05, 4.69) is 32.1 Å². The van der Waals surface area contributed by atoms with Gasteiger partial charge in [0.1, 0.15) is 22.7 Å². The number of carboxylic acids is 1. The van der Waals surface area contributed by atoms with Crippen LogP contribution in [0.15, 0.2) is 41.6 Å². The van der Waals surface area contributed by atoms with E-state index >= 15 is 0 Å². The van der Waals surface area contributed by atoms with E-state index in [1.54, 1.807) is 30.1 Å². The second kappa shape index (κ2) is 9.27. The molecule has 6 heterocycles. The molecule has 0 saturated carbocycles. The Kier molecular flexibility index (Phi) is 5.75. The second-order valence-corrected chi connectivity index (χ2v) is 11.1. The molecule has 4 aromatic heterocycles. The number of hydrogen-bond donors (Lipinski definition) is 3. The van der Waals surface area contributed by atoms with Crippen molar-refractivity contribution in [3.05, 3.63) is 58.4 Å². The lowest BCUT2D eigenvalue weighted by atomic mass is 9.99. The van der Waals surface area contributed by atoms with Gasteiger partial charge in [0, 0.05) is 74.4 Å². The summed E-state index contributed by atoms with van der Waals surface area (Å²) in [6.45, 7) is 5.10. The number of halogens is 1. The Morgan fingerprint density at radius 3 is 2.78 bits per heavy atom. The maximum Gasteiger partial charge on any atom is 0.341 e. The van der Waals surface area contributed by atoms with Crippen LogP contribution in [0.4, 0.5) is 15.8 Å². The normalized spacial score (nSPS) is 19.1. The molecule has 5 aromatic rings. The molecule has 41 heavy (non-hydrogen) atoms. The molecule has 0 aliphatic carbocycles. The molecule has 0 bridgehead atoms.